The molecule has 1 aromatic rings. The van der Waals surface area contributed by atoms with E-state index in [1.807, 2.05) is 19.1 Å². The summed E-state index contributed by atoms with van der Waals surface area (Å²) in [6.07, 6.45) is -0.188. The Morgan fingerprint density at radius 3 is 2.24 bits per heavy atom. The summed E-state index contributed by atoms with van der Waals surface area (Å²) in [6, 6.07) is 6.20. The summed E-state index contributed by atoms with van der Waals surface area (Å²) in [6.45, 7) is 10.4. The average Bonchev–Trinajstić information content (AvgIpc) is 2.44. The molecule has 0 radical (unpaired) electrons. The molecule has 0 aliphatic rings. The van der Waals surface area contributed by atoms with E-state index < -0.39 is 12.2 Å². The molecule has 3 unspecified atom stereocenters. The normalized spacial score (nSPS) is 16.4. The molecule has 0 saturated carbocycles. The molecule has 0 aliphatic heterocycles. The van der Waals surface area contributed by atoms with Crippen LogP contribution in [0.15, 0.2) is 18.2 Å². The molecule has 3 atom stereocenters. The summed E-state index contributed by atoms with van der Waals surface area (Å²) in [7, 11) is 1.69. The Hall–Kier alpha value is -1.06. The number of methoxy groups -OCH3 is 1. The van der Waals surface area contributed by atoms with Gasteiger partial charge in [-0.15, -0.1) is 0 Å². The first-order chi connectivity index (χ1) is 9.70. The fourth-order valence-electron chi connectivity index (χ4n) is 2.55. The van der Waals surface area contributed by atoms with Gasteiger partial charge in [-0.1, -0.05) is 46.8 Å². The van der Waals surface area contributed by atoms with Gasteiger partial charge in [0.05, 0.1) is 19.3 Å². The molecule has 0 aromatic heterocycles. The first-order valence-corrected chi connectivity index (χ1v) is 7.75. The summed E-state index contributed by atoms with van der Waals surface area (Å²) in [5, 5.41) is 19.7. The van der Waals surface area contributed by atoms with Crippen molar-refractivity contribution < 1.29 is 14.9 Å². The van der Waals surface area contributed by atoms with Crippen molar-refractivity contribution in [2.75, 3.05) is 7.11 Å². The molecular formula is C18H30O3. The third kappa shape index (κ3) is 4.72. The van der Waals surface area contributed by atoms with E-state index in [4.69, 9.17) is 4.74 Å². The molecule has 0 saturated heterocycles. The van der Waals surface area contributed by atoms with E-state index in [-0.39, 0.29) is 11.3 Å². The van der Waals surface area contributed by atoms with Crippen molar-refractivity contribution in [2.45, 2.75) is 71.0 Å². The average molecular weight is 294 g/mol. The van der Waals surface area contributed by atoms with Gasteiger partial charge in [0.25, 0.3) is 0 Å². The van der Waals surface area contributed by atoms with Gasteiger partial charge in [-0.25, -0.2) is 0 Å². The molecule has 0 spiro atoms. The van der Waals surface area contributed by atoms with Crippen LogP contribution in [-0.4, -0.2) is 29.5 Å². The van der Waals surface area contributed by atoms with Crippen molar-refractivity contribution in [1.82, 2.24) is 0 Å². The van der Waals surface area contributed by atoms with Gasteiger partial charge in [0.15, 0.2) is 0 Å². The molecule has 1 rings (SSSR count). The van der Waals surface area contributed by atoms with E-state index in [2.05, 4.69) is 33.8 Å². The van der Waals surface area contributed by atoms with Gasteiger partial charge in [-0.2, -0.15) is 0 Å². The van der Waals surface area contributed by atoms with Crippen LogP contribution in [0.2, 0.25) is 0 Å². The van der Waals surface area contributed by atoms with Crippen LogP contribution < -0.4 is 4.74 Å². The lowest BCUT2D eigenvalue weighted by atomic mass is 9.83. The van der Waals surface area contributed by atoms with Gasteiger partial charge in [-0.3, -0.25) is 0 Å². The fourth-order valence-corrected chi connectivity index (χ4v) is 2.55. The van der Waals surface area contributed by atoms with Crippen LogP contribution in [0.5, 0.6) is 5.75 Å². The minimum atomic E-state index is -0.676. The van der Waals surface area contributed by atoms with Crippen LogP contribution >= 0.6 is 0 Å². The number of aliphatic hydroxyl groups is 2. The van der Waals surface area contributed by atoms with Crippen LogP contribution in [0, 0.1) is 0 Å². The molecule has 2 N–H and O–H groups in total. The van der Waals surface area contributed by atoms with E-state index in [0.29, 0.717) is 12.8 Å². The molecule has 1 aromatic carbocycles. The highest BCUT2D eigenvalue weighted by atomic mass is 16.5. The summed E-state index contributed by atoms with van der Waals surface area (Å²) in [5.41, 5.74) is 2.34. The Morgan fingerprint density at radius 2 is 1.76 bits per heavy atom. The Morgan fingerprint density at radius 1 is 1.14 bits per heavy atom. The minimum Gasteiger partial charge on any atom is -0.496 e. The van der Waals surface area contributed by atoms with Crippen LogP contribution in [0.3, 0.4) is 0 Å². The van der Waals surface area contributed by atoms with E-state index in [0.717, 1.165) is 5.75 Å². The zero-order chi connectivity index (χ0) is 16.2. The Bertz CT molecular complexity index is 448. The zero-order valence-electron chi connectivity index (χ0n) is 14.2. The van der Waals surface area contributed by atoms with Gasteiger partial charge in [-0.05, 0) is 41.4 Å². The minimum absolute atomic E-state index is 0.00260. The van der Waals surface area contributed by atoms with Crippen molar-refractivity contribution >= 4 is 0 Å². The number of aliphatic hydroxyl groups excluding tert-OH is 2. The van der Waals surface area contributed by atoms with E-state index in [1.165, 1.54) is 11.1 Å². The second-order valence-electron chi connectivity index (χ2n) is 6.89. The lowest BCUT2D eigenvalue weighted by molar-refractivity contribution is 0.00953. The second-order valence-corrected chi connectivity index (χ2v) is 6.89. The summed E-state index contributed by atoms with van der Waals surface area (Å²) in [4.78, 5) is 0. The lowest BCUT2D eigenvalue weighted by Crippen LogP contribution is -2.26. The number of rotatable bonds is 6. The zero-order valence-corrected chi connectivity index (χ0v) is 14.2. The third-order valence-electron chi connectivity index (χ3n) is 4.06. The molecule has 0 aliphatic carbocycles. The monoisotopic (exact) mass is 294 g/mol. The predicted octanol–water partition coefficient (Wildman–Crippen LogP) is 3.62. The molecule has 0 bridgehead atoms. The van der Waals surface area contributed by atoms with Crippen LogP contribution in [0.1, 0.15) is 64.5 Å². The van der Waals surface area contributed by atoms with Gasteiger partial charge >= 0.3 is 0 Å². The first kappa shape index (κ1) is 18.0. The number of hydrogen-bond donors (Lipinski definition) is 2. The summed E-state index contributed by atoms with van der Waals surface area (Å²) in [5.74, 6) is 1.08. The SMILES string of the molecule is CCC(O)C(O)CC(C)c1ccc(OC)c(C(C)(C)C)c1. The summed E-state index contributed by atoms with van der Waals surface area (Å²) < 4.78 is 5.45. The standard InChI is InChI=1S/C18H30O3/c1-7-15(19)16(20)10-12(2)13-8-9-17(21-6)14(11-13)18(3,4)5/h8-9,11-12,15-16,19-20H,7,10H2,1-6H3. The number of benzene rings is 1. The predicted molar refractivity (Wildman–Crippen MR) is 87.0 cm³/mol. The van der Waals surface area contributed by atoms with Gasteiger partial charge in [0.2, 0.25) is 0 Å². The van der Waals surface area contributed by atoms with Crippen molar-refractivity contribution in [2.24, 2.45) is 0 Å². The summed E-state index contributed by atoms with van der Waals surface area (Å²) >= 11 is 0. The van der Waals surface area contributed by atoms with E-state index >= 15 is 0 Å². The molecule has 3 heteroatoms. The smallest absolute Gasteiger partial charge is 0.122 e. The molecule has 0 heterocycles. The van der Waals surface area contributed by atoms with E-state index in [1.54, 1.807) is 7.11 Å². The molecule has 120 valence electrons. The Labute approximate surface area is 129 Å². The van der Waals surface area contributed by atoms with Crippen molar-refractivity contribution in [3.63, 3.8) is 0 Å². The number of ether oxygens (including phenoxy) is 1. The highest BCUT2D eigenvalue weighted by Crippen LogP contribution is 2.34. The molecule has 0 amide bonds. The maximum Gasteiger partial charge on any atom is 0.122 e. The molecule has 3 nitrogen and oxygen atoms in total. The van der Waals surface area contributed by atoms with Crippen molar-refractivity contribution in [3.05, 3.63) is 29.3 Å². The molecule has 21 heavy (non-hydrogen) atoms. The maximum absolute atomic E-state index is 10.0. The maximum atomic E-state index is 10.0. The van der Waals surface area contributed by atoms with Gasteiger partial charge < -0.3 is 14.9 Å². The van der Waals surface area contributed by atoms with Crippen molar-refractivity contribution in [1.29, 1.82) is 0 Å². The molecule has 0 fully saturated rings. The quantitative estimate of drug-likeness (QED) is 0.842. The molecular weight excluding hydrogens is 264 g/mol. The highest BCUT2D eigenvalue weighted by molar-refractivity contribution is 5.42. The Balaban J connectivity index is 2.98. The fraction of sp³-hybridized carbons (Fsp3) is 0.667. The second kappa shape index (κ2) is 7.28. The van der Waals surface area contributed by atoms with Crippen LogP contribution in [0.25, 0.3) is 0 Å². The number of hydrogen-bond acceptors (Lipinski definition) is 3. The largest absolute Gasteiger partial charge is 0.496 e. The van der Waals surface area contributed by atoms with Gasteiger partial charge in [0, 0.05) is 0 Å². The van der Waals surface area contributed by atoms with Crippen LogP contribution in [0.4, 0.5) is 0 Å². The first-order valence-electron chi connectivity index (χ1n) is 7.75. The Kier molecular flexibility index (Phi) is 6.24. The van der Waals surface area contributed by atoms with E-state index in [9.17, 15) is 10.2 Å². The lowest BCUT2D eigenvalue weighted by Gasteiger charge is -2.25. The highest BCUT2D eigenvalue weighted by Gasteiger charge is 2.22. The van der Waals surface area contributed by atoms with Crippen molar-refractivity contribution in [3.8, 4) is 5.75 Å². The van der Waals surface area contributed by atoms with Crippen LogP contribution in [-0.2, 0) is 5.41 Å². The van der Waals surface area contributed by atoms with Gasteiger partial charge in [0.1, 0.15) is 5.75 Å². The topological polar surface area (TPSA) is 49.7 Å². The third-order valence-corrected chi connectivity index (χ3v) is 4.06.